The van der Waals surface area contributed by atoms with Gasteiger partial charge in [0.2, 0.25) is 5.92 Å². The van der Waals surface area contributed by atoms with Gasteiger partial charge in [0.1, 0.15) is 0 Å². The number of hydrogen-bond acceptors (Lipinski definition) is 2. The summed E-state index contributed by atoms with van der Waals surface area (Å²) in [6.45, 7) is 2.57. The molecule has 1 N–H and O–H groups in total. The molecule has 0 radical (unpaired) electrons. The van der Waals surface area contributed by atoms with Gasteiger partial charge in [0.05, 0.1) is 10.4 Å². The highest BCUT2D eigenvalue weighted by Gasteiger charge is 2.27. The van der Waals surface area contributed by atoms with Crippen molar-refractivity contribution in [3.05, 3.63) is 20.8 Å². The van der Waals surface area contributed by atoms with Gasteiger partial charge in [-0.05, 0) is 25.5 Å². The average Bonchev–Trinajstić information content (AvgIpc) is 2.28. The minimum atomic E-state index is -2.86. The Morgan fingerprint density at radius 2 is 2.21 bits per heavy atom. The molecule has 1 aromatic heterocycles. The molecule has 1 unspecified atom stereocenters. The zero-order valence-corrected chi connectivity index (χ0v) is 9.42. The van der Waals surface area contributed by atoms with Crippen LogP contribution in [-0.4, -0.2) is 11.0 Å². The van der Waals surface area contributed by atoms with Gasteiger partial charge in [-0.25, -0.2) is 8.78 Å². The molecule has 1 atom stereocenters. The Bertz CT molecular complexity index is 300. The SMILES string of the molecule is Cc1cc(C(O)CC(C)(F)F)sc1Cl. The maximum atomic E-state index is 12.6. The first-order chi connectivity index (χ1) is 6.29. The van der Waals surface area contributed by atoms with Crippen LogP contribution in [0.2, 0.25) is 4.34 Å². The lowest BCUT2D eigenvalue weighted by Gasteiger charge is -2.14. The van der Waals surface area contributed by atoms with Crippen molar-refractivity contribution in [2.45, 2.75) is 32.3 Å². The molecule has 14 heavy (non-hydrogen) atoms. The highest BCUT2D eigenvalue weighted by molar-refractivity contribution is 7.16. The standard InChI is InChI=1S/C9H11ClF2OS/c1-5-3-7(14-8(5)10)6(13)4-9(2,11)12/h3,6,13H,4H2,1-2H3. The van der Waals surface area contributed by atoms with Gasteiger partial charge in [-0.3, -0.25) is 0 Å². The fourth-order valence-electron chi connectivity index (χ4n) is 1.09. The summed E-state index contributed by atoms with van der Waals surface area (Å²) in [6.07, 6.45) is -1.70. The second-order valence-corrected chi connectivity index (χ2v) is 5.08. The molecule has 0 fully saturated rings. The van der Waals surface area contributed by atoms with E-state index in [4.69, 9.17) is 11.6 Å². The Kier molecular flexibility index (Phi) is 3.50. The predicted octanol–water partition coefficient (Wildman–Crippen LogP) is 3.79. The van der Waals surface area contributed by atoms with Crippen LogP contribution in [0.1, 0.15) is 29.9 Å². The minimum absolute atomic E-state index is 0.494. The Morgan fingerprint density at radius 1 is 1.64 bits per heavy atom. The second kappa shape index (κ2) is 4.13. The molecule has 0 aromatic carbocycles. The molecule has 1 rings (SSSR count). The highest BCUT2D eigenvalue weighted by Crippen LogP contribution is 2.35. The number of alkyl halides is 2. The van der Waals surface area contributed by atoms with Gasteiger partial charge in [-0.15, -0.1) is 11.3 Å². The Morgan fingerprint density at radius 3 is 2.57 bits per heavy atom. The molecule has 80 valence electrons. The van der Waals surface area contributed by atoms with Crippen molar-refractivity contribution in [3.63, 3.8) is 0 Å². The van der Waals surface area contributed by atoms with Crippen LogP contribution in [0.15, 0.2) is 6.07 Å². The maximum Gasteiger partial charge on any atom is 0.248 e. The summed E-state index contributed by atoms with van der Waals surface area (Å²) in [7, 11) is 0. The first-order valence-electron chi connectivity index (χ1n) is 4.11. The predicted molar refractivity (Wildman–Crippen MR) is 54.3 cm³/mol. The Hall–Kier alpha value is -0.190. The van der Waals surface area contributed by atoms with Crippen LogP contribution in [0.3, 0.4) is 0 Å². The van der Waals surface area contributed by atoms with Crippen LogP contribution in [0.5, 0.6) is 0 Å². The number of aliphatic hydroxyl groups is 1. The van der Waals surface area contributed by atoms with Crippen molar-refractivity contribution in [3.8, 4) is 0 Å². The summed E-state index contributed by atoms with van der Waals surface area (Å²) in [5.74, 6) is -2.86. The van der Waals surface area contributed by atoms with Gasteiger partial charge in [0.15, 0.2) is 0 Å². The van der Waals surface area contributed by atoms with E-state index < -0.39 is 18.4 Å². The molecule has 5 heteroatoms. The van der Waals surface area contributed by atoms with Crippen LogP contribution in [0, 0.1) is 6.92 Å². The quantitative estimate of drug-likeness (QED) is 0.852. The van der Waals surface area contributed by atoms with Gasteiger partial charge in [-0.2, -0.15) is 0 Å². The summed E-state index contributed by atoms with van der Waals surface area (Å²) in [4.78, 5) is 0.494. The van der Waals surface area contributed by atoms with Gasteiger partial charge in [-0.1, -0.05) is 11.6 Å². The van der Waals surface area contributed by atoms with E-state index in [1.165, 1.54) is 0 Å². The largest absolute Gasteiger partial charge is 0.387 e. The van der Waals surface area contributed by atoms with Crippen molar-refractivity contribution in [2.24, 2.45) is 0 Å². The highest BCUT2D eigenvalue weighted by atomic mass is 35.5. The van der Waals surface area contributed by atoms with Crippen LogP contribution in [0.25, 0.3) is 0 Å². The first-order valence-corrected chi connectivity index (χ1v) is 5.31. The van der Waals surface area contributed by atoms with Gasteiger partial charge >= 0.3 is 0 Å². The zero-order chi connectivity index (χ0) is 10.9. The maximum absolute atomic E-state index is 12.6. The normalized spacial score (nSPS) is 14.4. The van der Waals surface area contributed by atoms with E-state index in [1.807, 2.05) is 0 Å². The van der Waals surface area contributed by atoms with Crippen molar-refractivity contribution in [2.75, 3.05) is 0 Å². The zero-order valence-electron chi connectivity index (χ0n) is 7.85. The van der Waals surface area contributed by atoms with Crippen LogP contribution in [0.4, 0.5) is 8.78 Å². The number of rotatable bonds is 3. The number of halogens is 3. The van der Waals surface area contributed by atoms with Crippen LogP contribution >= 0.6 is 22.9 Å². The summed E-state index contributed by atoms with van der Waals surface area (Å²) < 4.78 is 25.7. The molecule has 1 aromatic rings. The molecule has 1 heterocycles. The Labute approximate surface area is 90.3 Å². The molecule has 0 spiro atoms. The smallest absolute Gasteiger partial charge is 0.248 e. The summed E-state index contributed by atoms with van der Waals surface area (Å²) in [5.41, 5.74) is 0.810. The van der Waals surface area contributed by atoms with Gasteiger partial charge in [0.25, 0.3) is 0 Å². The number of hydrogen-bond donors (Lipinski definition) is 1. The summed E-state index contributed by atoms with van der Waals surface area (Å²) in [6, 6.07) is 1.64. The first kappa shape index (κ1) is 11.9. The van der Waals surface area contributed by atoms with Crippen molar-refractivity contribution < 1.29 is 13.9 Å². The topological polar surface area (TPSA) is 20.2 Å². The van der Waals surface area contributed by atoms with E-state index in [0.29, 0.717) is 9.21 Å². The van der Waals surface area contributed by atoms with Crippen molar-refractivity contribution in [1.29, 1.82) is 0 Å². The molecular weight excluding hydrogens is 230 g/mol. The molecule has 1 nitrogen and oxygen atoms in total. The summed E-state index contributed by atoms with van der Waals surface area (Å²) >= 11 is 6.91. The second-order valence-electron chi connectivity index (χ2n) is 3.40. The van der Waals surface area contributed by atoms with Gasteiger partial charge < -0.3 is 5.11 Å². The van der Waals surface area contributed by atoms with Crippen molar-refractivity contribution in [1.82, 2.24) is 0 Å². The third-order valence-electron chi connectivity index (χ3n) is 1.76. The lowest BCUT2D eigenvalue weighted by Crippen LogP contribution is -2.14. The van der Waals surface area contributed by atoms with E-state index in [0.717, 1.165) is 23.8 Å². The monoisotopic (exact) mass is 240 g/mol. The van der Waals surface area contributed by atoms with E-state index >= 15 is 0 Å². The molecule has 0 amide bonds. The minimum Gasteiger partial charge on any atom is -0.387 e. The van der Waals surface area contributed by atoms with Gasteiger partial charge in [0, 0.05) is 11.3 Å². The molecule has 0 aliphatic rings. The van der Waals surface area contributed by atoms with E-state index in [-0.39, 0.29) is 0 Å². The Balaban J connectivity index is 2.75. The third kappa shape index (κ3) is 3.19. The van der Waals surface area contributed by atoms with E-state index in [1.54, 1.807) is 13.0 Å². The fraction of sp³-hybridized carbons (Fsp3) is 0.556. The van der Waals surface area contributed by atoms with E-state index in [9.17, 15) is 13.9 Å². The molecule has 0 aliphatic carbocycles. The lowest BCUT2D eigenvalue weighted by atomic mass is 10.1. The molecule has 0 bridgehead atoms. The molecule has 0 saturated carbocycles. The van der Waals surface area contributed by atoms with Crippen LogP contribution < -0.4 is 0 Å². The third-order valence-corrected chi connectivity index (χ3v) is 3.41. The van der Waals surface area contributed by atoms with E-state index in [2.05, 4.69) is 0 Å². The lowest BCUT2D eigenvalue weighted by molar-refractivity contribution is -0.0275. The number of thiophene rings is 1. The molecule has 0 aliphatic heterocycles. The van der Waals surface area contributed by atoms with Crippen molar-refractivity contribution >= 4 is 22.9 Å². The summed E-state index contributed by atoms with van der Waals surface area (Å²) in [5, 5.41) is 9.47. The number of aliphatic hydroxyl groups excluding tert-OH is 1. The molecular formula is C9H11ClF2OS. The number of aryl methyl sites for hydroxylation is 1. The fourth-order valence-corrected chi connectivity index (χ4v) is 2.29. The van der Waals surface area contributed by atoms with Crippen LogP contribution in [-0.2, 0) is 0 Å². The molecule has 0 saturated heterocycles. The average molecular weight is 241 g/mol.